The number of benzene rings is 1. The van der Waals surface area contributed by atoms with Gasteiger partial charge in [-0.2, -0.15) is 5.10 Å². The average Bonchev–Trinajstić information content (AvgIpc) is 3.22. The van der Waals surface area contributed by atoms with Crippen LogP contribution in [-0.2, 0) is 6.42 Å². The summed E-state index contributed by atoms with van der Waals surface area (Å²) in [6.07, 6.45) is 4.58. The third-order valence-corrected chi connectivity index (χ3v) is 6.11. The Morgan fingerprint density at radius 2 is 1.88 bits per heavy atom. The summed E-state index contributed by atoms with van der Waals surface area (Å²) in [5.74, 6) is 0. The first kappa shape index (κ1) is 15.5. The van der Waals surface area contributed by atoms with Crippen LogP contribution in [0.25, 0.3) is 10.6 Å². The molecule has 0 bridgehead atoms. The molecule has 122 valence electrons. The predicted octanol–water partition coefficient (Wildman–Crippen LogP) is 4.79. The zero-order valence-electron chi connectivity index (χ0n) is 13.6. The van der Waals surface area contributed by atoms with E-state index in [0.29, 0.717) is 0 Å². The molecule has 1 aromatic carbocycles. The van der Waals surface area contributed by atoms with Gasteiger partial charge in [-0.1, -0.05) is 30.3 Å². The molecule has 4 rings (SSSR count). The smallest absolute Gasteiger partial charge is 0.205 e. The fourth-order valence-electron chi connectivity index (χ4n) is 3.13. The molecule has 2 heterocycles. The van der Waals surface area contributed by atoms with Gasteiger partial charge in [0.05, 0.1) is 16.3 Å². The number of hydrogen-bond donors (Lipinski definition) is 0. The van der Waals surface area contributed by atoms with E-state index in [1.807, 2.05) is 11.7 Å². The van der Waals surface area contributed by atoms with Crippen LogP contribution in [0.5, 0.6) is 0 Å². The lowest BCUT2D eigenvalue weighted by molar-refractivity contribution is 0.768. The van der Waals surface area contributed by atoms with Gasteiger partial charge in [-0.05, 0) is 42.7 Å². The Morgan fingerprint density at radius 3 is 2.71 bits per heavy atom. The van der Waals surface area contributed by atoms with Crippen molar-refractivity contribution in [2.45, 2.75) is 25.7 Å². The second kappa shape index (κ2) is 6.87. The second-order valence-corrected chi connectivity index (χ2v) is 7.61. The topological polar surface area (TPSA) is 29.6 Å². The van der Waals surface area contributed by atoms with Gasteiger partial charge < -0.3 is 0 Å². The van der Waals surface area contributed by atoms with Gasteiger partial charge in [-0.15, -0.1) is 22.7 Å². The summed E-state index contributed by atoms with van der Waals surface area (Å²) in [5.41, 5.74) is 5.02. The number of nitrogens with zero attached hydrogens (tertiary/aromatic N) is 3. The zero-order valence-corrected chi connectivity index (χ0v) is 15.2. The van der Waals surface area contributed by atoms with Gasteiger partial charge in [-0.3, -0.25) is 4.99 Å². The maximum absolute atomic E-state index is 5.06. The monoisotopic (exact) mass is 353 g/mol. The standard InChI is InChI=1S/C19H19N3S2/c1-20-19-22(17(13-24-19)18-11-6-12-23-18)21-16-10-5-3-8-14-7-2-4-9-15(14)16/h2,4,6-7,9,11-13H,3,5,8,10H2,1H3. The minimum Gasteiger partial charge on any atom is -0.261 e. The number of thiazole rings is 1. The third kappa shape index (κ3) is 2.89. The van der Waals surface area contributed by atoms with Crippen LogP contribution in [0.4, 0.5) is 0 Å². The molecule has 0 spiro atoms. The fraction of sp³-hybridized carbons (Fsp3) is 0.263. The van der Waals surface area contributed by atoms with Crippen LogP contribution in [0.2, 0.25) is 0 Å². The highest BCUT2D eigenvalue weighted by atomic mass is 32.1. The van der Waals surface area contributed by atoms with Crippen LogP contribution in [0, 0.1) is 0 Å². The van der Waals surface area contributed by atoms with Gasteiger partial charge in [-0.25, -0.2) is 4.68 Å². The molecule has 5 heteroatoms. The van der Waals surface area contributed by atoms with Gasteiger partial charge in [0.25, 0.3) is 0 Å². The number of hydrogen-bond acceptors (Lipinski definition) is 4. The summed E-state index contributed by atoms with van der Waals surface area (Å²) in [6, 6.07) is 12.9. The molecular formula is C19H19N3S2. The lowest BCUT2D eigenvalue weighted by Crippen LogP contribution is -2.15. The average molecular weight is 354 g/mol. The van der Waals surface area contributed by atoms with Gasteiger partial charge in [0, 0.05) is 18.0 Å². The van der Waals surface area contributed by atoms with E-state index in [1.54, 1.807) is 22.7 Å². The summed E-state index contributed by atoms with van der Waals surface area (Å²) >= 11 is 3.39. The van der Waals surface area contributed by atoms with Crippen molar-refractivity contribution < 1.29 is 0 Å². The van der Waals surface area contributed by atoms with Crippen molar-refractivity contribution in [2.75, 3.05) is 7.05 Å². The zero-order chi connectivity index (χ0) is 16.4. The molecule has 24 heavy (non-hydrogen) atoms. The van der Waals surface area contributed by atoms with Gasteiger partial charge in [0.15, 0.2) is 0 Å². The Hall–Kier alpha value is -1.98. The van der Waals surface area contributed by atoms with E-state index in [9.17, 15) is 0 Å². The van der Waals surface area contributed by atoms with Crippen molar-refractivity contribution in [3.63, 3.8) is 0 Å². The van der Waals surface area contributed by atoms with E-state index in [1.165, 1.54) is 34.6 Å². The number of fused-ring (bicyclic) bond motifs is 1. The Kier molecular flexibility index (Phi) is 4.45. The highest BCUT2D eigenvalue weighted by molar-refractivity contribution is 7.14. The Morgan fingerprint density at radius 1 is 1.00 bits per heavy atom. The molecule has 1 aliphatic carbocycles. The van der Waals surface area contributed by atoms with E-state index < -0.39 is 0 Å². The van der Waals surface area contributed by atoms with E-state index in [2.05, 4.69) is 52.2 Å². The first-order valence-electron chi connectivity index (χ1n) is 8.20. The number of thiophene rings is 1. The molecule has 0 N–H and O–H groups in total. The van der Waals surface area contributed by atoms with Crippen LogP contribution in [0.1, 0.15) is 30.4 Å². The molecule has 2 aromatic heterocycles. The molecule has 0 radical (unpaired) electrons. The SMILES string of the molecule is CN=c1scc(-c2cccs2)n1N=C1CCCCc2ccccc21. The molecule has 3 aromatic rings. The van der Waals surface area contributed by atoms with Crippen molar-refractivity contribution in [3.8, 4) is 10.6 Å². The van der Waals surface area contributed by atoms with E-state index in [-0.39, 0.29) is 0 Å². The van der Waals surface area contributed by atoms with Gasteiger partial charge in [0.1, 0.15) is 0 Å². The first-order chi connectivity index (χ1) is 11.9. The van der Waals surface area contributed by atoms with Crippen LogP contribution < -0.4 is 4.80 Å². The molecular weight excluding hydrogens is 334 g/mol. The quantitative estimate of drug-likeness (QED) is 0.593. The van der Waals surface area contributed by atoms with Crippen LogP contribution in [-0.4, -0.2) is 17.4 Å². The molecule has 0 unspecified atom stereocenters. The van der Waals surface area contributed by atoms with Gasteiger partial charge in [0.2, 0.25) is 4.80 Å². The maximum Gasteiger partial charge on any atom is 0.205 e. The molecule has 0 atom stereocenters. The largest absolute Gasteiger partial charge is 0.261 e. The molecule has 0 saturated heterocycles. The fourth-order valence-corrected chi connectivity index (χ4v) is 4.72. The third-order valence-electron chi connectivity index (χ3n) is 4.31. The number of rotatable bonds is 2. The summed E-state index contributed by atoms with van der Waals surface area (Å²) < 4.78 is 2.02. The van der Waals surface area contributed by atoms with Crippen LogP contribution >= 0.6 is 22.7 Å². The molecule has 0 aliphatic heterocycles. The van der Waals surface area contributed by atoms with Crippen molar-refractivity contribution in [1.29, 1.82) is 0 Å². The Bertz CT molecular complexity index is 930. The Balaban J connectivity index is 1.89. The predicted molar refractivity (Wildman–Crippen MR) is 103 cm³/mol. The lowest BCUT2D eigenvalue weighted by Gasteiger charge is -2.09. The van der Waals surface area contributed by atoms with Crippen molar-refractivity contribution in [3.05, 3.63) is 63.1 Å². The van der Waals surface area contributed by atoms with E-state index in [4.69, 9.17) is 5.10 Å². The molecule has 1 aliphatic rings. The summed E-state index contributed by atoms with van der Waals surface area (Å²) in [7, 11) is 1.84. The maximum atomic E-state index is 5.06. The second-order valence-electron chi connectivity index (χ2n) is 5.83. The van der Waals surface area contributed by atoms with Gasteiger partial charge >= 0.3 is 0 Å². The summed E-state index contributed by atoms with van der Waals surface area (Å²) in [4.78, 5) is 6.59. The minimum absolute atomic E-state index is 0.938. The van der Waals surface area contributed by atoms with Crippen molar-refractivity contribution in [2.24, 2.45) is 10.1 Å². The molecule has 0 amide bonds. The number of aromatic nitrogens is 1. The highest BCUT2D eigenvalue weighted by Gasteiger charge is 2.15. The van der Waals surface area contributed by atoms with Crippen molar-refractivity contribution in [1.82, 2.24) is 4.68 Å². The number of aryl methyl sites for hydroxylation is 1. The highest BCUT2D eigenvalue weighted by Crippen LogP contribution is 2.26. The lowest BCUT2D eigenvalue weighted by atomic mass is 10.0. The van der Waals surface area contributed by atoms with Crippen LogP contribution in [0.3, 0.4) is 0 Å². The summed E-state index contributed by atoms with van der Waals surface area (Å²) in [5, 5.41) is 9.32. The normalized spacial score (nSPS) is 17.0. The summed E-state index contributed by atoms with van der Waals surface area (Å²) in [6.45, 7) is 0. The van der Waals surface area contributed by atoms with E-state index in [0.717, 1.165) is 23.3 Å². The molecule has 3 nitrogen and oxygen atoms in total. The first-order valence-corrected chi connectivity index (χ1v) is 9.96. The van der Waals surface area contributed by atoms with Crippen LogP contribution in [0.15, 0.2) is 57.3 Å². The van der Waals surface area contributed by atoms with Crippen molar-refractivity contribution >= 4 is 28.4 Å². The molecule has 0 saturated carbocycles. The van der Waals surface area contributed by atoms with E-state index >= 15 is 0 Å². The Labute approximate surface area is 149 Å². The molecule has 0 fully saturated rings. The minimum atomic E-state index is 0.938.